The molecule has 2 rings (SSSR count). The predicted octanol–water partition coefficient (Wildman–Crippen LogP) is 1.55. The lowest BCUT2D eigenvalue weighted by molar-refractivity contribution is -0.385. The molecule has 1 heterocycles. The Morgan fingerprint density at radius 3 is 2.85 bits per heavy atom. The number of phenolic OH excluding ortho intramolecular Hbond substituents is 1. The maximum atomic E-state index is 12.4. The van der Waals surface area contributed by atoms with Crippen LogP contribution in [0.15, 0.2) is 18.2 Å². The molecule has 1 aliphatic rings. The number of ether oxygens (including phenoxy) is 1. The number of rotatable bonds is 2. The minimum absolute atomic E-state index is 0.0554. The SMILES string of the molecule is CC1CN(C(=O)c2cccc([N+](=O)[O-])c2O)C(C)CO1. The van der Waals surface area contributed by atoms with E-state index in [9.17, 15) is 20.0 Å². The summed E-state index contributed by atoms with van der Waals surface area (Å²) in [5.41, 5.74) is -0.523. The van der Waals surface area contributed by atoms with Gasteiger partial charge in [-0.2, -0.15) is 0 Å². The number of hydrogen-bond acceptors (Lipinski definition) is 5. The van der Waals surface area contributed by atoms with Crippen molar-refractivity contribution in [3.63, 3.8) is 0 Å². The van der Waals surface area contributed by atoms with Crippen molar-refractivity contribution in [2.45, 2.75) is 26.0 Å². The molecule has 7 nitrogen and oxygen atoms in total. The van der Waals surface area contributed by atoms with Gasteiger partial charge in [0.25, 0.3) is 5.91 Å². The van der Waals surface area contributed by atoms with E-state index in [-0.39, 0.29) is 17.7 Å². The Kier molecular flexibility index (Phi) is 3.89. The molecule has 1 aromatic carbocycles. The van der Waals surface area contributed by atoms with Gasteiger partial charge in [-0.05, 0) is 19.9 Å². The topological polar surface area (TPSA) is 92.9 Å². The van der Waals surface area contributed by atoms with Gasteiger partial charge < -0.3 is 14.7 Å². The number of benzene rings is 1. The molecule has 0 aliphatic carbocycles. The van der Waals surface area contributed by atoms with Crippen LogP contribution in [0.4, 0.5) is 5.69 Å². The third kappa shape index (κ3) is 2.57. The second-order valence-electron chi connectivity index (χ2n) is 4.88. The molecule has 1 N–H and O–H groups in total. The number of phenols is 1. The number of carbonyl (C=O) groups is 1. The quantitative estimate of drug-likeness (QED) is 0.655. The number of amides is 1. The summed E-state index contributed by atoms with van der Waals surface area (Å²) < 4.78 is 5.43. The maximum Gasteiger partial charge on any atom is 0.311 e. The largest absolute Gasteiger partial charge is 0.502 e. The molecule has 1 aliphatic heterocycles. The molecule has 1 aromatic rings. The van der Waals surface area contributed by atoms with Gasteiger partial charge in [0.1, 0.15) is 0 Å². The molecule has 108 valence electrons. The zero-order valence-corrected chi connectivity index (χ0v) is 11.3. The summed E-state index contributed by atoms with van der Waals surface area (Å²) in [6, 6.07) is 3.80. The highest BCUT2D eigenvalue weighted by molar-refractivity contribution is 5.98. The van der Waals surface area contributed by atoms with Crippen LogP contribution in [0.3, 0.4) is 0 Å². The van der Waals surface area contributed by atoms with E-state index in [1.807, 2.05) is 13.8 Å². The van der Waals surface area contributed by atoms with Crippen molar-refractivity contribution in [3.8, 4) is 5.75 Å². The van der Waals surface area contributed by atoms with E-state index in [1.165, 1.54) is 12.1 Å². The Labute approximate surface area is 115 Å². The number of nitrogens with zero attached hydrogens (tertiary/aromatic N) is 2. The second-order valence-corrected chi connectivity index (χ2v) is 4.88. The van der Waals surface area contributed by atoms with Crippen molar-refractivity contribution in [1.29, 1.82) is 0 Å². The van der Waals surface area contributed by atoms with Crippen LogP contribution >= 0.6 is 0 Å². The van der Waals surface area contributed by atoms with E-state index in [0.29, 0.717) is 13.2 Å². The maximum absolute atomic E-state index is 12.4. The van der Waals surface area contributed by atoms with E-state index < -0.39 is 22.3 Å². The van der Waals surface area contributed by atoms with Crippen LogP contribution < -0.4 is 0 Å². The van der Waals surface area contributed by atoms with E-state index >= 15 is 0 Å². The molecule has 1 fully saturated rings. The van der Waals surface area contributed by atoms with Crippen molar-refractivity contribution in [1.82, 2.24) is 4.90 Å². The first-order valence-corrected chi connectivity index (χ1v) is 6.30. The first-order chi connectivity index (χ1) is 9.41. The number of nitro groups is 1. The molecular weight excluding hydrogens is 264 g/mol. The third-order valence-corrected chi connectivity index (χ3v) is 3.31. The van der Waals surface area contributed by atoms with Crippen molar-refractivity contribution in [2.24, 2.45) is 0 Å². The summed E-state index contributed by atoms with van der Waals surface area (Å²) in [6.45, 7) is 4.47. The lowest BCUT2D eigenvalue weighted by atomic mass is 10.1. The standard InChI is InChI=1S/C13H16N2O5/c1-8-7-20-9(2)6-14(8)13(17)10-4-3-5-11(12(10)16)15(18)19/h3-5,8-9,16H,6-7H2,1-2H3. The van der Waals surface area contributed by atoms with Crippen molar-refractivity contribution in [3.05, 3.63) is 33.9 Å². The van der Waals surface area contributed by atoms with Gasteiger partial charge in [0.2, 0.25) is 5.75 Å². The van der Waals surface area contributed by atoms with Gasteiger partial charge in [0.15, 0.2) is 0 Å². The molecule has 0 spiro atoms. The Morgan fingerprint density at radius 2 is 2.20 bits per heavy atom. The smallest absolute Gasteiger partial charge is 0.311 e. The molecule has 7 heteroatoms. The summed E-state index contributed by atoms with van der Waals surface area (Å²) in [4.78, 5) is 24.1. The molecular formula is C13H16N2O5. The molecule has 1 amide bonds. The van der Waals surface area contributed by atoms with Crippen molar-refractivity contribution in [2.75, 3.05) is 13.2 Å². The Hall–Kier alpha value is -2.15. The fraction of sp³-hybridized carbons (Fsp3) is 0.462. The summed E-state index contributed by atoms with van der Waals surface area (Å²) in [5.74, 6) is -1.01. The van der Waals surface area contributed by atoms with Crippen LogP contribution in [0.1, 0.15) is 24.2 Å². The number of nitro benzene ring substituents is 1. The van der Waals surface area contributed by atoms with Crippen LogP contribution in [-0.4, -0.2) is 46.1 Å². The van der Waals surface area contributed by atoms with Crippen LogP contribution in [0.2, 0.25) is 0 Å². The lowest BCUT2D eigenvalue weighted by Crippen LogP contribution is -2.50. The summed E-state index contributed by atoms with van der Waals surface area (Å²) in [6.07, 6.45) is -0.101. The van der Waals surface area contributed by atoms with E-state index in [0.717, 1.165) is 6.07 Å². The van der Waals surface area contributed by atoms with Crippen LogP contribution in [-0.2, 0) is 4.74 Å². The zero-order chi connectivity index (χ0) is 14.9. The summed E-state index contributed by atoms with van der Waals surface area (Å²) in [7, 11) is 0. The highest BCUT2D eigenvalue weighted by Crippen LogP contribution is 2.31. The minimum Gasteiger partial charge on any atom is -0.502 e. The number of carbonyl (C=O) groups excluding carboxylic acids is 1. The number of aromatic hydroxyl groups is 1. The van der Waals surface area contributed by atoms with E-state index in [4.69, 9.17) is 4.74 Å². The fourth-order valence-corrected chi connectivity index (χ4v) is 2.19. The molecule has 2 unspecified atom stereocenters. The Bertz CT molecular complexity index is 546. The molecule has 0 saturated carbocycles. The Balaban J connectivity index is 2.33. The Morgan fingerprint density at radius 1 is 1.50 bits per heavy atom. The first-order valence-electron chi connectivity index (χ1n) is 6.30. The van der Waals surface area contributed by atoms with Gasteiger partial charge in [0, 0.05) is 12.6 Å². The van der Waals surface area contributed by atoms with Crippen LogP contribution in [0.25, 0.3) is 0 Å². The van der Waals surface area contributed by atoms with Gasteiger partial charge in [-0.25, -0.2) is 0 Å². The van der Waals surface area contributed by atoms with Crippen molar-refractivity contribution >= 4 is 11.6 Å². The first kappa shape index (κ1) is 14.3. The second kappa shape index (κ2) is 5.46. The predicted molar refractivity (Wildman–Crippen MR) is 70.7 cm³/mol. The molecule has 0 radical (unpaired) electrons. The zero-order valence-electron chi connectivity index (χ0n) is 11.3. The highest BCUT2D eigenvalue weighted by atomic mass is 16.6. The summed E-state index contributed by atoms with van der Waals surface area (Å²) in [5, 5.41) is 20.7. The number of morpholine rings is 1. The highest BCUT2D eigenvalue weighted by Gasteiger charge is 2.31. The molecule has 0 bridgehead atoms. The van der Waals surface area contributed by atoms with Gasteiger partial charge in [0.05, 0.1) is 29.2 Å². The monoisotopic (exact) mass is 280 g/mol. The summed E-state index contributed by atoms with van der Waals surface area (Å²) >= 11 is 0. The van der Waals surface area contributed by atoms with Gasteiger partial charge in [-0.1, -0.05) is 6.07 Å². The fourth-order valence-electron chi connectivity index (χ4n) is 2.19. The number of hydrogen-bond donors (Lipinski definition) is 1. The van der Waals surface area contributed by atoms with Gasteiger partial charge >= 0.3 is 5.69 Å². The van der Waals surface area contributed by atoms with Crippen LogP contribution in [0.5, 0.6) is 5.75 Å². The van der Waals surface area contributed by atoms with Crippen molar-refractivity contribution < 1.29 is 19.6 Å². The normalized spacial score (nSPS) is 22.6. The molecule has 1 saturated heterocycles. The van der Waals surface area contributed by atoms with Gasteiger partial charge in [-0.3, -0.25) is 14.9 Å². The molecule has 20 heavy (non-hydrogen) atoms. The van der Waals surface area contributed by atoms with Crippen LogP contribution in [0, 0.1) is 10.1 Å². The number of para-hydroxylation sites is 1. The lowest BCUT2D eigenvalue weighted by Gasteiger charge is -2.36. The van der Waals surface area contributed by atoms with E-state index in [1.54, 1.807) is 4.90 Å². The minimum atomic E-state index is -0.711. The molecule has 2 atom stereocenters. The van der Waals surface area contributed by atoms with Gasteiger partial charge in [-0.15, -0.1) is 0 Å². The van der Waals surface area contributed by atoms with E-state index in [2.05, 4.69) is 0 Å². The third-order valence-electron chi connectivity index (χ3n) is 3.31. The average molecular weight is 280 g/mol. The average Bonchev–Trinajstić information content (AvgIpc) is 2.40. The molecule has 0 aromatic heterocycles.